The highest BCUT2D eigenvalue weighted by atomic mass is 16.5. The molecule has 1 aromatic rings. The summed E-state index contributed by atoms with van der Waals surface area (Å²) in [6.45, 7) is 8.26. The van der Waals surface area contributed by atoms with Gasteiger partial charge in [-0.2, -0.15) is 0 Å². The van der Waals surface area contributed by atoms with Crippen LogP contribution in [-0.2, 0) is 4.79 Å². The van der Waals surface area contributed by atoms with E-state index in [1.807, 2.05) is 37.3 Å². The third-order valence-electron chi connectivity index (χ3n) is 2.98. The van der Waals surface area contributed by atoms with Gasteiger partial charge in [0.25, 0.3) is 0 Å². The number of nitrogens with one attached hydrogen (secondary N) is 1. The lowest BCUT2D eigenvalue weighted by Crippen LogP contribution is -2.44. The fourth-order valence-corrected chi connectivity index (χ4v) is 1.75. The first kappa shape index (κ1) is 15.5. The topological polar surface area (TPSA) is 41.6 Å². The Bertz CT molecular complexity index is 364. The third kappa shape index (κ3) is 5.75. The summed E-state index contributed by atoms with van der Waals surface area (Å²) >= 11 is 0. The van der Waals surface area contributed by atoms with Gasteiger partial charge in [0.2, 0.25) is 5.91 Å². The molecular formula is C15H24N2O2. The zero-order valence-electron chi connectivity index (χ0n) is 12.1. The van der Waals surface area contributed by atoms with Crippen molar-refractivity contribution in [2.75, 3.05) is 19.6 Å². The van der Waals surface area contributed by atoms with Crippen molar-refractivity contribution in [3.63, 3.8) is 0 Å². The van der Waals surface area contributed by atoms with Crippen LogP contribution < -0.4 is 10.1 Å². The SMILES string of the molecule is CCC(NC(=O)CN(CC)CC)Oc1ccccc1. The Hall–Kier alpha value is -1.55. The van der Waals surface area contributed by atoms with E-state index in [1.54, 1.807) is 0 Å². The number of ether oxygens (including phenoxy) is 1. The average molecular weight is 264 g/mol. The van der Waals surface area contributed by atoms with Gasteiger partial charge >= 0.3 is 0 Å². The van der Waals surface area contributed by atoms with Crippen LogP contribution in [0.15, 0.2) is 30.3 Å². The van der Waals surface area contributed by atoms with Crippen molar-refractivity contribution in [3.05, 3.63) is 30.3 Å². The standard InChI is InChI=1S/C15H24N2O2/c1-4-15(19-13-10-8-7-9-11-13)16-14(18)12-17(5-2)6-3/h7-11,15H,4-6,12H2,1-3H3,(H,16,18). The number of likely N-dealkylation sites (N-methyl/N-ethyl adjacent to an activating group) is 1. The van der Waals surface area contributed by atoms with Crippen LogP contribution in [0, 0.1) is 0 Å². The van der Waals surface area contributed by atoms with Crippen LogP contribution in [0.5, 0.6) is 5.75 Å². The lowest BCUT2D eigenvalue weighted by Gasteiger charge is -2.22. The van der Waals surface area contributed by atoms with E-state index in [-0.39, 0.29) is 12.1 Å². The molecular weight excluding hydrogens is 240 g/mol. The zero-order valence-corrected chi connectivity index (χ0v) is 12.1. The number of hydrogen-bond donors (Lipinski definition) is 1. The van der Waals surface area contributed by atoms with Gasteiger partial charge < -0.3 is 10.1 Å². The predicted molar refractivity (Wildman–Crippen MR) is 77.1 cm³/mol. The van der Waals surface area contributed by atoms with E-state index in [2.05, 4.69) is 24.1 Å². The molecule has 0 saturated heterocycles. The molecule has 1 atom stereocenters. The van der Waals surface area contributed by atoms with Crippen molar-refractivity contribution in [1.82, 2.24) is 10.2 Å². The van der Waals surface area contributed by atoms with E-state index in [0.717, 1.165) is 25.3 Å². The molecule has 0 aliphatic carbocycles. The molecule has 0 heterocycles. The number of para-hydroxylation sites is 1. The monoisotopic (exact) mass is 264 g/mol. The van der Waals surface area contributed by atoms with Crippen molar-refractivity contribution >= 4 is 5.91 Å². The van der Waals surface area contributed by atoms with Crippen LogP contribution in [0.3, 0.4) is 0 Å². The van der Waals surface area contributed by atoms with E-state index >= 15 is 0 Å². The summed E-state index contributed by atoms with van der Waals surface area (Å²) in [6, 6.07) is 9.55. The smallest absolute Gasteiger partial charge is 0.236 e. The molecule has 1 N–H and O–H groups in total. The number of benzene rings is 1. The maximum Gasteiger partial charge on any atom is 0.236 e. The summed E-state index contributed by atoms with van der Waals surface area (Å²) in [6.07, 6.45) is 0.462. The highest BCUT2D eigenvalue weighted by Gasteiger charge is 2.13. The minimum Gasteiger partial charge on any atom is -0.471 e. The molecule has 1 unspecified atom stereocenters. The van der Waals surface area contributed by atoms with Crippen molar-refractivity contribution in [2.45, 2.75) is 33.4 Å². The Morgan fingerprint density at radius 2 is 1.84 bits per heavy atom. The molecule has 19 heavy (non-hydrogen) atoms. The third-order valence-corrected chi connectivity index (χ3v) is 2.98. The van der Waals surface area contributed by atoms with Gasteiger partial charge in [-0.05, 0) is 25.2 Å². The summed E-state index contributed by atoms with van der Waals surface area (Å²) in [5, 5.41) is 2.91. The van der Waals surface area contributed by atoms with Gasteiger partial charge in [-0.1, -0.05) is 39.0 Å². The molecule has 0 aliphatic heterocycles. The van der Waals surface area contributed by atoms with Gasteiger partial charge in [-0.25, -0.2) is 0 Å². The molecule has 0 aromatic heterocycles. The molecule has 0 aliphatic rings. The number of rotatable bonds is 8. The van der Waals surface area contributed by atoms with Crippen molar-refractivity contribution in [3.8, 4) is 5.75 Å². The van der Waals surface area contributed by atoms with Crippen molar-refractivity contribution in [2.24, 2.45) is 0 Å². The molecule has 4 heteroatoms. The lowest BCUT2D eigenvalue weighted by molar-refractivity contribution is -0.124. The summed E-state index contributed by atoms with van der Waals surface area (Å²) in [5.41, 5.74) is 0. The van der Waals surface area contributed by atoms with E-state index < -0.39 is 0 Å². The molecule has 0 fully saturated rings. The molecule has 106 valence electrons. The lowest BCUT2D eigenvalue weighted by atomic mass is 10.3. The number of nitrogens with zero attached hydrogens (tertiary/aromatic N) is 1. The van der Waals surface area contributed by atoms with Crippen LogP contribution in [0.2, 0.25) is 0 Å². The molecule has 0 spiro atoms. The Kier molecular flexibility index (Phi) is 6.97. The highest BCUT2D eigenvalue weighted by Crippen LogP contribution is 2.11. The number of carbonyl (C=O) groups is 1. The zero-order chi connectivity index (χ0) is 14.1. The second-order valence-corrected chi connectivity index (χ2v) is 4.36. The van der Waals surface area contributed by atoms with Gasteiger partial charge in [0.05, 0.1) is 6.54 Å². The van der Waals surface area contributed by atoms with Gasteiger partial charge in [0.1, 0.15) is 5.75 Å². The molecule has 0 bridgehead atoms. The minimum atomic E-state index is -0.273. The molecule has 4 nitrogen and oxygen atoms in total. The fraction of sp³-hybridized carbons (Fsp3) is 0.533. The molecule has 0 radical (unpaired) electrons. The van der Waals surface area contributed by atoms with Gasteiger partial charge in [0.15, 0.2) is 6.23 Å². The summed E-state index contributed by atoms with van der Waals surface area (Å²) in [5.74, 6) is 0.781. The largest absolute Gasteiger partial charge is 0.471 e. The second kappa shape index (κ2) is 8.53. The van der Waals surface area contributed by atoms with E-state index in [0.29, 0.717) is 6.54 Å². The van der Waals surface area contributed by atoms with Crippen molar-refractivity contribution < 1.29 is 9.53 Å². The molecule has 1 rings (SSSR count). The maximum atomic E-state index is 11.9. The molecule has 1 amide bonds. The summed E-state index contributed by atoms with van der Waals surface area (Å²) < 4.78 is 5.73. The molecule has 1 aromatic carbocycles. The Balaban J connectivity index is 2.46. The second-order valence-electron chi connectivity index (χ2n) is 4.36. The van der Waals surface area contributed by atoms with Gasteiger partial charge in [-0.3, -0.25) is 9.69 Å². The number of hydrogen-bond acceptors (Lipinski definition) is 3. The first-order valence-electron chi connectivity index (χ1n) is 6.93. The first-order valence-corrected chi connectivity index (χ1v) is 6.93. The van der Waals surface area contributed by atoms with Crippen LogP contribution in [0.1, 0.15) is 27.2 Å². The number of carbonyl (C=O) groups excluding carboxylic acids is 1. The quantitative estimate of drug-likeness (QED) is 0.732. The summed E-state index contributed by atoms with van der Waals surface area (Å²) in [7, 11) is 0. The normalized spacial score (nSPS) is 12.2. The van der Waals surface area contributed by atoms with Crippen LogP contribution in [0.25, 0.3) is 0 Å². The Labute approximate surface area is 115 Å². The molecule has 0 saturated carbocycles. The average Bonchev–Trinajstić information content (AvgIpc) is 2.45. The highest BCUT2D eigenvalue weighted by molar-refractivity contribution is 5.78. The van der Waals surface area contributed by atoms with Crippen LogP contribution >= 0.6 is 0 Å². The maximum absolute atomic E-state index is 11.9. The van der Waals surface area contributed by atoms with Crippen LogP contribution in [-0.4, -0.2) is 36.7 Å². The van der Waals surface area contributed by atoms with Crippen molar-refractivity contribution in [1.29, 1.82) is 0 Å². The fourth-order valence-electron chi connectivity index (χ4n) is 1.75. The summed E-state index contributed by atoms with van der Waals surface area (Å²) in [4.78, 5) is 14.0. The van der Waals surface area contributed by atoms with Gasteiger partial charge in [-0.15, -0.1) is 0 Å². The Morgan fingerprint density at radius 1 is 1.21 bits per heavy atom. The number of amides is 1. The van der Waals surface area contributed by atoms with E-state index in [9.17, 15) is 4.79 Å². The van der Waals surface area contributed by atoms with Gasteiger partial charge in [0, 0.05) is 6.42 Å². The van der Waals surface area contributed by atoms with Crippen LogP contribution in [0.4, 0.5) is 0 Å². The predicted octanol–water partition coefficient (Wildman–Crippen LogP) is 2.26. The first-order chi connectivity index (χ1) is 9.19. The van der Waals surface area contributed by atoms with E-state index in [1.165, 1.54) is 0 Å². The Morgan fingerprint density at radius 3 is 2.37 bits per heavy atom. The van der Waals surface area contributed by atoms with E-state index in [4.69, 9.17) is 4.74 Å². The minimum absolute atomic E-state index is 0.00600.